The van der Waals surface area contributed by atoms with Crippen molar-refractivity contribution >= 4 is 17.5 Å². The highest BCUT2D eigenvalue weighted by molar-refractivity contribution is 5.89. The summed E-state index contributed by atoms with van der Waals surface area (Å²) in [4.78, 5) is 23.0. The molecule has 144 valence electrons. The van der Waals surface area contributed by atoms with Gasteiger partial charge in [0.2, 0.25) is 11.8 Å². The molecule has 1 aliphatic rings. The molecule has 0 spiro atoms. The number of hydrogen-bond donors (Lipinski definition) is 2. The van der Waals surface area contributed by atoms with E-state index in [4.69, 9.17) is 4.42 Å². The minimum atomic E-state index is -0.229. The molecule has 3 aromatic rings. The molecular formula is C19H21N7O2. The quantitative estimate of drug-likeness (QED) is 0.717. The van der Waals surface area contributed by atoms with E-state index >= 15 is 0 Å². The fraction of sp³-hybridized carbons (Fsp3) is 0.316. The van der Waals surface area contributed by atoms with E-state index in [1.54, 1.807) is 37.6 Å². The largest absolute Gasteiger partial charge is 0.421 e. The zero-order valence-electron chi connectivity index (χ0n) is 15.5. The van der Waals surface area contributed by atoms with Gasteiger partial charge in [-0.1, -0.05) is 0 Å². The fourth-order valence-electron chi connectivity index (χ4n) is 3.22. The number of amides is 2. The minimum absolute atomic E-state index is 0.0522. The van der Waals surface area contributed by atoms with Gasteiger partial charge >= 0.3 is 6.03 Å². The van der Waals surface area contributed by atoms with E-state index in [-0.39, 0.29) is 12.1 Å². The van der Waals surface area contributed by atoms with Crippen LogP contribution in [0.2, 0.25) is 0 Å². The number of piperidine rings is 1. The summed E-state index contributed by atoms with van der Waals surface area (Å²) < 4.78 is 5.40. The van der Waals surface area contributed by atoms with Crippen molar-refractivity contribution in [2.75, 3.05) is 23.3 Å². The second kappa shape index (κ2) is 8.03. The summed E-state index contributed by atoms with van der Waals surface area (Å²) in [6.45, 7) is 3.37. The molecule has 0 saturated carbocycles. The lowest BCUT2D eigenvalue weighted by molar-refractivity contribution is 0.246. The Hall–Kier alpha value is -3.49. The highest BCUT2D eigenvalue weighted by atomic mass is 16.4. The fourth-order valence-corrected chi connectivity index (χ4v) is 3.22. The zero-order chi connectivity index (χ0) is 19.3. The van der Waals surface area contributed by atoms with Gasteiger partial charge in [-0.3, -0.25) is 4.98 Å². The highest BCUT2D eigenvalue weighted by Crippen LogP contribution is 2.20. The van der Waals surface area contributed by atoms with Crippen molar-refractivity contribution in [1.82, 2.24) is 25.5 Å². The van der Waals surface area contributed by atoms with Gasteiger partial charge in [0.15, 0.2) is 0 Å². The molecule has 0 aliphatic carbocycles. The normalized spacial score (nSPS) is 16.6. The standard InChI is InChI=1S/C19H21N7O2/c1-13-24-25-18(28-13)14-4-6-15(7-5-14)22-19(27)23-16-3-2-10-26(12-16)17-11-20-8-9-21-17/h4-9,11,16H,2-3,10,12H2,1H3,(H2,22,23,27)/t16-/m0/s1. The Morgan fingerprint density at radius 2 is 2.07 bits per heavy atom. The molecule has 2 N–H and O–H groups in total. The summed E-state index contributed by atoms with van der Waals surface area (Å²) in [6, 6.07) is 7.10. The molecule has 0 unspecified atom stereocenters. The Labute approximate surface area is 162 Å². The maximum atomic E-state index is 12.4. The van der Waals surface area contributed by atoms with E-state index in [2.05, 4.69) is 35.7 Å². The number of carbonyl (C=O) groups excluding carboxylic acids is 1. The summed E-state index contributed by atoms with van der Waals surface area (Å²) in [5.74, 6) is 1.81. The smallest absolute Gasteiger partial charge is 0.319 e. The van der Waals surface area contributed by atoms with Crippen molar-refractivity contribution in [2.24, 2.45) is 0 Å². The van der Waals surface area contributed by atoms with E-state index in [0.717, 1.165) is 30.8 Å². The third-order valence-corrected chi connectivity index (χ3v) is 4.55. The van der Waals surface area contributed by atoms with Crippen LogP contribution in [-0.4, -0.2) is 45.3 Å². The lowest BCUT2D eigenvalue weighted by atomic mass is 10.1. The number of nitrogens with zero attached hydrogens (tertiary/aromatic N) is 5. The summed E-state index contributed by atoms with van der Waals surface area (Å²) in [5.41, 5.74) is 1.50. The second-order valence-corrected chi connectivity index (χ2v) is 6.65. The average Bonchev–Trinajstić information content (AvgIpc) is 3.16. The first kappa shape index (κ1) is 17.9. The Balaban J connectivity index is 1.32. The lowest BCUT2D eigenvalue weighted by Gasteiger charge is -2.33. The molecule has 9 nitrogen and oxygen atoms in total. The predicted octanol–water partition coefficient (Wildman–Crippen LogP) is 2.63. The first-order valence-electron chi connectivity index (χ1n) is 9.16. The average molecular weight is 379 g/mol. The molecule has 0 bridgehead atoms. The number of anilines is 2. The molecule has 4 rings (SSSR count). The van der Waals surface area contributed by atoms with Crippen LogP contribution in [0.3, 0.4) is 0 Å². The summed E-state index contributed by atoms with van der Waals surface area (Å²) >= 11 is 0. The van der Waals surface area contributed by atoms with Crippen LogP contribution < -0.4 is 15.5 Å². The van der Waals surface area contributed by atoms with Gasteiger partial charge in [-0.05, 0) is 37.1 Å². The number of urea groups is 1. The molecule has 3 heterocycles. The Morgan fingerprint density at radius 3 is 2.79 bits per heavy atom. The molecule has 2 aromatic heterocycles. The van der Waals surface area contributed by atoms with Crippen molar-refractivity contribution in [3.8, 4) is 11.5 Å². The van der Waals surface area contributed by atoms with Crippen molar-refractivity contribution in [1.29, 1.82) is 0 Å². The SMILES string of the molecule is Cc1nnc(-c2ccc(NC(=O)N[C@H]3CCCN(c4cnccn4)C3)cc2)o1. The molecule has 0 radical (unpaired) electrons. The van der Waals surface area contributed by atoms with Crippen LogP contribution in [0.25, 0.3) is 11.5 Å². The monoisotopic (exact) mass is 379 g/mol. The van der Waals surface area contributed by atoms with Gasteiger partial charge in [0.1, 0.15) is 5.82 Å². The Morgan fingerprint density at radius 1 is 1.21 bits per heavy atom. The van der Waals surface area contributed by atoms with E-state index in [1.165, 1.54) is 0 Å². The number of benzene rings is 1. The van der Waals surface area contributed by atoms with Gasteiger partial charge in [0.05, 0.1) is 6.20 Å². The number of rotatable bonds is 4. The summed E-state index contributed by atoms with van der Waals surface area (Å²) in [5, 5.41) is 13.7. The number of aromatic nitrogens is 4. The first-order chi connectivity index (χ1) is 13.7. The van der Waals surface area contributed by atoms with Crippen LogP contribution in [0.5, 0.6) is 0 Å². The maximum absolute atomic E-state index is 12.4. The van der Waals surface area contributed by atoms with Gasteiger partial charge < -0.3 is 20.0 Å². The minimum Gasteiger partial charge on any atom is -0.421 e. The van der Waals surface area contributed by atoms with Crippen LogP contribution >= 0.6 is 0 Å². The van der Waals surface area contributed by atoms with Crippen LogP contribution in [-0.2, 0) is 0 Å². The predicted molar refractivity (Wildman–Crippen MR) is 104 cm³/mol. The number of carbonyl (C=O) groups is 1. The van der Waals surface area contributed by atoms with Crippen molar-refractivity contribution < 1.29 is 9.21 Å². The third-order valence-electron chi connectivity index (χ3n) is 4.55. The molecular weight excluding hydrogens is 358 g/mol. The van der Waals surface area contributed by atoms with Gasteiger partial charge in [0.25, 0.3) is 0 Å². The number of aryl methyl sites for hydroxylation is 1. The number of hydrogen-bond acceptors (Lipinski definition) is 7. The Kier molecular flexibility index (Phi) is 5.14. The van der Waals surface area contributed by atoms with Gasteiger partial charge in [-0.15, -0.1) is 10.2 Å². The van der Waals surface area contributed by atoms with Crippen LogP contribution in [0.1, 0.15) is 18.7 Å². The molecule has 9 heteroatoms. The molecule has 1 fully saturated rings. The van der Waals surface area contributed by atoms with E-state index in [0.29, 0.717) is 24.0 Å². The molecule has 1 saturated heterocycles. The van der Waals surface area contributed by atoms with Crippen LogP contribution in [0, 0.1) is 6.92 Å². The Bertz CT molecular complexity index is 927. The molecule has 28 heavy (non-hydrogen) atoms. The molecule has 1 aliphatic heterocycles. The van der Waals surface area contributed by atoms with Crippen LogP contribution in [0.4, 0.5) is 16.3 Å². The molecule has 1 atom stereocenters. The van der Waals surface area contributed by atoms with E-state index in [1.807, 2.05) is 12.1 Å². The highest BCUT2D eigenvalue weighted by Gasteiger charge is 2.22. The van der Waals surface area contributed by atoms with Crippen molar-refractivity contribution in [3.05, 3.63) is 48.7 Å². The molecule has 2 amide bonds. The first-order valence-corrected chi connectivity index (χ1v) is 9.16. The molecule has 1 aromatic carbocycles. The van der Waals surface area contributed by atoms with Crippen LogP contribution in [0.15, 0.2) is 47.3 Å². The topological polar surface area (TPSA) is 109 Å². The summed E-state index contributed by atoms with van der Waals surface area (Å²) in [6.07, 6.45) is 6.99. The number of nitrogens with one attached hydrogen (secondary N) is 2. The van der Waals surface area contributed by atoms with Gasteiger partial charge in [0, 0.05) is 49.7 Å². The van der Waals surface area contributed by atoms with E-state index < -0.39 is 0 Å². The summed E-state index contributed by atoms with van der Waals surface area (Å²) in [7, 11) is 0. The third kappa shape index (κ3) is 4.25. The second-order valence-electron chi connectivity index (χ2n) is 6.65. The zero-order valence-corrected chi connectivity index (χ0v) is 15.5. The maximum Gasteiger partial charge on any atom is 0.319 e. The van der Waals surface area contributed by atoms with Gasteiger partial charge in [-0.2, -0.15) is 0 Å². The van der Waals surface area contributed by atoms with Gasteiger partial charge in [-0.25, -0.2) is 9.78 Å². The lowest BCUT2D eigenvalue weighted by Crippen LogP contribution is -2.49. The van der Waals surface area contributed by atoms with Crippen molar-refractivity contribution in [2.45, 2.75) is 25.8 Å². The van der Waals surface area contributed by atoms with E-state index in [9.17, 15) is 4.79 Å². The van der Waals surface area contributed by atoms with Crippen molar-refractivity contribution in [3.63, 3.8) is 0 Å².